The zero-order chi connectivity index (χ0) is 16.4. The van der Waals surface area contributed by atoms with Crippen molar-refractivity contribution >= 4 is 27.4 Å². The van der Waals surface area contributed by atoms with Crippen molar-refractivity contribution in [3.05, 3.63) is 0 Å². The molecule has 12 heteroatoms. The van der Waals surface area contributed by atoms with E-state index in [0.717, 1.165) is 6.42 Å². The van der Waals surface area contributed by atoms with Gasteiger partial charge >= 0.3 is 32.7 Å². The summed E-state index contributed by atoms with van der Waals surface area (Å²) in [5.41, 5.74) is 0. The number of carbonyl (C=O) groups excluding carboxylic acids is 1. The zero-order valence-electron chi connectivity index (χ0n) is 10.8. The monoisotopic (exact) mass is 362 g/mol. The second-order valence-corrected chi connectivity index (χ2v) is 7.86. The average Bonchev–Trinajstić information content (AvgIpc) is 3.00. The van der Waals surface area contributed by atoms with Gasteiger partial charge in [0.25, 0.3) is 0 Å². The van der Waals surface area contributed by atoms with Gasteiger partial charge in [-0.15, -0.1) is 0 Å². The lowest BCUT2D eigenvalue weighted by atomic mass is 9.95. The fourth-order valence-corrected chi connectivity index (χ4v) is 4.50. The number of esters is 1. The standard InChI is InChI=1S/C10H12F2O8S2/c11-10(12,22(16,17)18)9(13)19-7-5-2-6(4-1-3(4)5)8(7)20-21(14)15/h3-8H,1-2H2,(H,14,15)(H,16,17,18). The minimum atomic E-state index is -5.96. The van der Waals surface area contributed by atoms with Gasteiger partial charge in [-0.1, -0.05) is 0 Å². The number of ether oxygens (including phenoxy) is 1. The first-order valence-corrected chi connectivity index (χ1v) is 8.85. The van der Waals surface area contributed by atoms with Crippen LogP contribution in [0.15, 0.2) is 0 Å². The maximum Gasteiger partial charge on any atom is 0.465 e. The molecule has 2 bridgehead atoms. The van der Waals surface area contributed by atoms with Crippen molar-refractivity contribution in [2.75, 3.05) is 0 Å². The Balaban J connectivity index is 1.78. The van der Waals surface area contributed by atoms with Crippen LogP contribution in [0, 0.1) is 23.7 Å². The summed E-state index contributed by atoms with van der Waals surface area (Å²) in [7, 11) is -5.96. The Kier molecular flexibility index (Phi) is 3.60. The van der Waals surface area contributed by atoms with E-state index >= 15 is 0 Å². The predicted molar refractivity (Wildman–Crippen MR) is 65.2 cm³/mol. The minimum Gasteiger partial charge on any atom is -0.454 e. The van der Waals surface area contributed by atoms with Gasteiger partial charge in [0.05, 0.1) is 0 Å². The summed E-state index contributed by atoms with van der Waals surface area (Å²) in [4.78, 5) is 11.4. The smallest absolute Gasteiger partial charge is 0.454 e. The molecule has 3 rings (SSSR count). The number of hydrogen-bond acceptors (Lipinski definition) is 6. The third-order valence-corrected chi connectivity index (χ3v) is 5.90. The number of hydrogen-bond donors (Lipinski definition) is 2. The molecule has 0 amide bonds. The molecule has 3 aliphatic carbocycles. The lowest BCUT2D eigenvalue weighted by molar-refractivity contribution is -0.175. The van der Waals surface area contributed by atoms with E-state index in [9.17, 15) is 26.2 Å². The fraction of sp³-hybridized carbons (Fsp3) is 0.900. The molecule has 0 aromatic carbocycles. The van der Waals surface area contributed by atoms with Gasteiger partial charge in [-0.3, -0.25) is 13.3 Å². The summed E-state index contributed by atoms with van der Waals surface area (Å²) in [6.07, 6.45) is -0.992. The van der Waals surface area contributed by atoms with Crippen LogP contribution in [0.5, 0.6) is 0 Å². The Labute approximate surface area is 126 Å². The van der Waals surface area contributed by atoms with E-state index in [1.807, 2.05) is 0 Å². The Bertz CT molecular complexity index is 635. The molecule has 0 aliphatic heterocycles. The highest BCUT2D eigenvalue weighted by Gasteiger charge is 2.68. The first kappa shape index (κ1) is 16.2. The summed E-state index contributed by atoms with van der Waals surface area (Å²) in [6, 6.07) is 0. The molecule has 2 N–H and O–H groups in total. The molecule has 8 nitrogen and oxygen atoms in total. The van der Waals surface area contributed by atoms with Crippen LogP contribution in [0.4, 0.5) is 8.78 Å². The quantitative estimate of drug-likeness (QED) is 0.403. The van der Waals surface area contributed by atoms with Crippen molar-refractivity contribution in [2.45, 2.75) is 30.3 Å². The van der Waals surface area contributed by atoms with Crippen LogP contribution in [0.3, 0.4) is 0 Å². The van der Waals surface area contributed by atoms with Crippen LogP contribution in [0.2, 0.25) is 0 Å². The summed E-state index contributed by atoms with van der Waals surface area (Å²) in [6.45, 7) is 0. The molecule has 0 saturated heterocycles. The van der Waals surface area contributed by atoms with Crippen LogP contribution in [0.1, 0.15) is 12.8 Å². The molecule has 3 aliphatic rings. The van der Waals surface area contributed by atoms with Gasteiger partial charge in [0, 0.05) is 5.92 Å². The molecule has 7 atom stereocenters. The Morgan fingerprint density at radius 3 is 2.14 bits per heavy atom. The maximum atomic E-state index is 13.3. The van der Waals surface area contributed by atoms with Crippen LogP contribution < -0.4 is 0 Å². The molecular formula is C10H12F2O8S2. The Morgan fingerprint density at radius 1 is 1.14 bits per heavy atom. The fourth-order valence-electron chi connectivity index (χ4n) is 3.80. The van der Waals surface area contributed by atoms with E-state index in [0.29, 0.717) is 6.42 Å². The molecular weight excluding hydrogens is 350 g/mol. The van der Waals surface area contributed by atoms with Crippen molar-refractivity contribution in [3.63, 3.8) is 0 Å². The maximum absolute atomic E-state index is 13.3. The van der Waals surface area contributed by atoms with Crippen molar-refractivity contribution in [2.24, 2.45) is 23.7 Å². The molecule has 0 radical (unpaired) electrons. The summed E-state index contributed by atoms with van der Waals surface area (Å²) >= 11 is -2.67. The van der Waals surface area contributed by atoms with Gasteiger partial charge in [-0.05, 0) is 30.6 Å². The topological polar surface area (TPSA) is 127 Å². The lowest BCUT2D eigenvalue weighted by Gasteiger charge is -2.29. The number of alkyl halides is 2. The Hall–Kier alpha value is -0.690. The minimum absolute atomic E-state index is 0.161. The number of halogens is 2. The zero-order valence-corrected chi connectivity index (χ0v) is 12.4. The van der Waals surface area contributed by atoms with Crippen LogP contribution in [0.25, 0.3) is 0 Å². The van der Waals surface area contributed by atoms with Crippen molar-refractivity contribution in [3.8, 4) is 0 Å². The van der Waals surface area contributed by atoms with E-state index in [-0.39, 0.29) is 23.7 Å². The highest BCUT2D eigenvalue weighted by Crippen LogP contribution is 2.67. The predicted octanol–water partition coefficient (Wildman–Crippen LogP) is 0.187. The summed E-state index contributed by atoms with van der Waals surface area (Å²) < 4.78 is 84.9. The van der Waals surface area contributed by atoms with Crippen molar-refractivity contribution in [1.29, 1.82) is 0 Å². The van der Waals surface area contributed by atoms with E-state index < -0.39 is 44.9 Å². The van der Waals surface area contributed by atoms with E-state index in [2.05, 4.69) is 4.74 Å². The second kappa shape index (κ2) is 4.90. The van der Waals surface area contributed by atoms with E-state index in [4.69, 9.17) is 13.3 Å². The van der Waals surface area contributed by atoms with Gasteiger partial charge in [-0.2, -0.15) is 21.4 Å². The van der Waals surface area contributed by atoms with E-state index in [1.54, 1.807) is 0 Å². The first-order valence-electron chi connectivity index (χ1n) is 6.38. The van der Waals surface area contributed by atoms with Crippen molar-refractivity contribution in [1.82, 2.24) is 0 Å². The largest absolute Gasteiger partial charge is 0.465 e. The molecule has 7 unspecified atom stereocenters. The molecule has 0 heterocycles. The van der Waals surface area contributed by atoms with Crippen LogP contribution in [-0.2, 0) is 35.2 Å². The SMILES string of the molecule is O=C(OC1C2CC(C3CC32)C1OS(=O)O)C(F)(F)S(=O)(=O)O. The van der Waals surface area contributed by atoms with Gasteiger partial charge < -0.3 is 4.74 Å². The van der Waals surface area contributed by atoms with Gasteiger partial charge in [-0.25, -0.2) is 4.79 Å². The molecule has 0 aromatic rings. The molecule has 0 aromatic heterocycles. The normalized spacial score (nSPS) is 41.1. The Morgan fingerprint density at radius 2 is 1.64 bits per heavy atom. The highest BCUT2D eigenvalue weighted by atomic mass is 32.2. The van der Waals surface area contributed by atoms with Gasteiger partial charge in [0.15, 0.2) is 0 Å². The second-order valence-electron chi connectivity index (χ2n) is 5.77. The summed E-state index contributed by atoms with van der Waals surface area (Å²) in [5, 5.41) is -5.10. The van der Waals surface area contributed by atoms with Crippen LogP contribution >= 0.6 is 0 Å². The number of rotatable bonds is 5. The molecule has 0 spiro atoms. The van der Waals surface area contributed by atoms with Crippen LogP contribution in [-0.4, -0.2) is 45.2 Å². The molecule has 22 heavy (non-hydrogen) atoms. The third kappa shape index (κ3) is 2.37. The lowest BCUT2D eigenvalue weighted by Crippen LogP contribution is -2.46. The number of fused-ring (bicyclic) bond motifs is 5. The summed E-state index contributed by atoms with van der Waals surface area (Å²) in [5.74, 6) is -2.51. The van der Waals surface area contributed by atoms with Gasteiger partial charge in [0.1, 0.15) is 12.2 Å². The third-order valence-electron chi connectivity index (χ3n) is 4.70. The molecule has 3 saturated carbocycles. The number of carbonyl (C=O) groups is 1. The first-order chi connectivity index (χ1) is 10.0. The molecule has 126 valence electrons. The van der Waals surface area contributed by atoms with Gasteiger partial charge in [0.2, 0.25) is 0 Å². The molecule has 3 fully saturated rings. The van der Waals surface area contributed by atoms with Crippen molar-refractivity contribution < 1.29 is 44.2 Å². The highest BCUT2D eigenvalue weighted by molar-refractivity contribution is 7.87. The van der Waals surface area contributed by atoms with E-state index in [1.165, 1.54) is 0 Å². The average molecular weight is 362 g/mol.